The number of carbonyl (C=O) groups excluding carboxylic acids is 1. The van der Waals surface area contributed by atoms with Crippen molar-refractivity contribution in [2.75, 3.05) is 19.6 Å². The van der Waals surface area contributed by atoms with Crippen molar-refractivity contribution >= 4 is 11.9 Å². The summed E-state index contributed by atoms with van der Waals surface area (Å²) in [6, 6.07) is 10.2. The van der Waals surface area contributed by atoms with Crippen LogP contribution in [0.15, 0.2) is 53.5 Å². The Morgan fingerprint density at radius 1 is 1.05 bits per heavy atom. The molecule has 2 aromatic carbocycles. The largest absolute Gasteiger partial charge is 0.481 e. The highest BCUT2D eigenvalue weighted by molar-refractivity contribution is 5.82. The Kier molecular flexibility index (Phi) is 10.2. The Morgan fingerprint density at radius 2 is 1.72 bits per heavy atom. The minimum atomic E-state index is -1.19. The molecule has 1 saturated heterocycles. The van der Waals surface area contributed by atoms with E-state index in [1.54, 1.807) is 31.3 Å². The van der Waals surface area contributed by atoms with Gasteiger partial charge in [0.25, 0.3) is 5.56 Å². The molecule has 0 bridgehead atoms. The van der Waals surface area contributed by atoms with Gasteiger partial charge in [0.2, 0.25) is 5.91 Å². The van der Waals surface area contributed by atoms with Crippen molar-refractivity contribution in [3.8, 4) is 11.1 Å². The quantitative estimate of drug-likeness (QED) is 0.281. The number of hydrogen-bond acceptors (Lipinski definition) is 4. The number of alkyl halides is 1. The maximum absolute atomic E-state index is 15.7. The van der Waals surface area contributed by atoms with E-state index in [4.69, 9.17) is 0 Å². The molecule has 3 aromatic rings. The van der Waals surface area contributed by atoms with Crippen molar-refractivity contribution in [2.45, 2.75) is 72.1 Å². The Morgan fingerprint density at radius 3 is 2.33 bits per heavy atom. The van der Waals surface area contributed by atoms with Crippen LogP contribution in [-0.4, -0.2) is 52.3 Å². The summed E-state index contributed by atoms with van der Waals surface area (Å²) in [6.45, 7) is 10.8. The molecule has 230 valence electrons. The van der Waals surface area contributed by atoms with Crippen molar-refractivity contribution in [1.29, 1.82) is 0 Å². The first kappa shape index (κ1) is 32.1. The molecule has 2 atom stereocenters. The average Bonchev–Trinajstić information content (AvgIpc) is 2.91. The number of nitrogens with zero attached hydrogens (tertiary/aromatic N) is 2. The van der Waals surface area contributed by atoms with Crippen molar-refractivity contribution in [3.05, 3.63) is 92.6 Å². The van der Waals surface area contributed by atoms with Crippen LogP contribution in [0.4, 0.5) is 8.78 Å². The molecule has 43 heavy (non-hydrogen) atoms. The fourth-order valence-electron chi connectivity index (χ4n) is 5.86. The molecule has 1 aliphatic heterocycles. The van der Waals surface area contributed by atoms with E-state index in [-0.39, 0.29) is 17.0 Å². The van der Waals surface area contributed by atoms with Gasteiger partial charge in [0.1, 0.15) is 18.0 Å². The molecule has 1 unspecified atom stereocenters. The molecule has 0 radical (unpaired) electrons. The Bertz CT molecular complexity index is 1520. The number of carboxylic acid groups (broad SMARTS) is 1. The summed E-state index contributed by atoms with van der Waals surface area (Å²) in [5, 5.41) is 12.6. The zero-order valence-corrected chi connectivity index (χ0v) is 25.5. The van der Waals surface area contributed by atoms with Gasteiger partial charge >= 0.3 is 5.97 Å². The summed E-state index contributed by atoms with van der Waals surface area (Å²) in [5.74, 6) is -2.31. The van der Waals surface area contributed by atoms with Gasteiger partial charge in [-0.1, -0.05) is 38.1 Å². The second-order valence-electron chi connectivity index (χ2n) is 12.2. The number of hydrogen-bond donors (Lipinski definition) is 2. The molecule has 7 nitrogen and oxygen atoms in total. The predicted molar refractivity (Wildman–Crippen MR) is 163 cm³/mol. The fourth-order valence-corrected chi connectivity index (χ4v) is 5.86. The van der Waals surface area contributed by atoms with Crippen LogP contribution < -0.4 is 10.9 Å². The van der Waals surface area contributed by atoms with Crippen LogP contribution in [0.25, 0.3) is 11.1 Å². The molecule has 1 fully saturated rings. The van der Waals surface area contributed by atoms with Crippen molar-refractivity contribution in [3.63, 3.8) is 0 Å². The molecular formula is C34H41F2N3O4. The normalized spacial score (nSPS) is 15.3. The second kappa shape index (κ2) is 13.6. The molecular weight excluding hydrogens is 552 g/mol. The number of carbonyl (C=O) groups is 2. The smallest absolute Gasteiger partial charge is 0.305 e. The van der Waals surface area contributed by atoms with Crippen LogP contribution in [-0.2, 0) is 16.0 Å². The van der Waals surface area contributed by atoms with Crippen LogP contribution in [0.1, 0.15) is 66.6 Å². The highest BCUT2D eigenvalue weighted by Crippen LogP contribution is 2.33. The van der Waals surface area contributed by atoms with Gasteiger partial charge in [0.15, 0.2) is 0 Å². The molecule has 1 aromatic heterocycles. The third-order valence-electron chi connectivity index (χ3n) is 8.08. The summed E-state index contributed by atoms with van der Waals surface area (Å²) in [6.07, 6.45) is 1.21. The number of aliphatic carboxylic acids is 1. The maximum Gasteiger partial charge on any atom is 0.305 e. The lowest BCUT2D eigenvalue weighted by Gasteiger charge is -2.34. The second-order valence-corrected chi connectivity index (χ2v) is 12.2. The molecule has 0 spiro atoms. The zero-order valence-electron chi connectivity index (χ0n) is 25.5. The number of nitrogens with one attached hydrogen (secondary N) is 1. The third-order valence-corrected chi connectivity index (χ3v) is 8.08. The lowest BCUT2D eigenvalue weighted by molar-refractivity contribution is -0.138. The number of aryl methyl sites for hydroxylation is 3. The van der Waals surface area contributed by atoms with Gasteiger partial charge in [-0.2, -0.15) is 0 Å². The molecule has 0 saturated carbocycles. The fraction of sp³-hybridized carbons (Fsp3) is 0.441. The summed E-state index contributed by atoms with van der Waals surface area (Å²) in [4.78, 5) is 40.8. The molecule has 1 amide bonds. The number of amides is 1. The van der Waals surface area contributed by atoms with Gasteiger partial charge in [-0.05, 0) is 85.0 Å². The highest BCUT2D eigenvalue weighted by atomic mass is 19.1. The molecule has 2 heterocycles. The van der Waals surface area contributed by atoms with Gasteiger partial charge in [-0.15, -0.1) is 0 Å². The van der Waals surface area contributed by atoms with Gasteiger partial charge < -0.3 is 15.0 Å². The molecule has 1 aliphatic rings. The van der Waals surface area contributed by atoms with E-state index in [9.17, 15) is 23.9 Å². The van der Waals surface area contributed by atoms with Gasteiger partial charge in [-0.3, -0.25) is 19.3 Å². The summed E-state index contributed by atoms with van der Waals surface area (Å²) >= 11 is 0. The van der Waals surface area contributed by atoms with Crippen LogP contribution >= 0.6 is 0 Å². The lowest BCUT2D eigenvalue weighted by Crippen LogP contribution is -2.49. The monoisotopic (exact) mass is 593 g/mol. The number of benzene rings is 2. The van der Waals surface area contributed by atoms with Crippen molar-refractivity contribution < 1.29 is 23.5 Å². The number of carboxylic acids is 1. The van der Waals surface area contributed by atoms with Crippen LogP contribution in [0.3, 0.4) is 0 Å². The Labute approximate surface area is 251 Å². The Balaban J connectivity index is 1.68. The summed E-state index contributed by atoms with van der Waals surface area (Å²) in [5.41, 5.74) is 4.52. The summed E-state index contributed by atoms with van der Waals surface area (Å²) < 4.78 is 30.3. The van der Waals surface area contributed by atoms with Gasteiger partial charge in [0.05, 0.1) is 12.5 Å². The molecule has 4 rings (SSSR count). The standard InChI is InChI=1S/C34H41F2N3O4/c1-20(2)13-29(39-17-24(9-10-30(39)40)11-12-38-18-26(35)19-38)34(43)37-28(16-31(41)42)27-15-25(14-23(5)33(27)36)32-21(3)7-6-8-22(32)4/h6-10,14-15,17,20,26,28-29H,11-13,16,18-19H2,1-5H3,(H,37,43)(H,41,42)/t28-,29?/m0/s1. The molecule has 0 aliphatic carbocycles. The van der Waals surface area contributed by atoms with Crippen LogP contribution in [0.2, 0.25) is 0 Å². The van der Waals surface area contributed by atoms with Crippen LogP contribution in [0.5, 0.6) is 0 Å². The highest BCUT2D eigenvalue weighted by Gasteiger charge is 2.30. The van der Waals surface area contributed by atoms with Crippen molar-refractivity contribution in [2.24, 2.45) is 5.92 Å². The van der Waals surface area contributed by atoms with Gasteiger partial charge in [0, 0.05) is 37.5 Å². The summed E-state index contributed by atoms with van der Waals surface area (Å²) in [7, 11) is 0. The van der Waals surface area contributed by atoms with E-state index in [1.165, 1.54) is 10.6 Å². The third kappa shape index (κ3) is 7.76. The first-order chi connectivity index (χ1) is 20.3. The van der Waals surface area contributed by atoms with Gasteiger partial charge in [-0.25, -0.2) is 8.78 Å². The topological polar surface area (TPSA) is 91.6 Å². The number of rotatable bonds is 12. The van der Waals surface area contributed by atoms with E-state index in [1.807, 2.05) is 50.8 Å². The number of likely N-dealkylation sites (tertiary alicyclic amines) is 1. The number of halogens is 2. The number of pyridine rings is 1. The van der Waals surface area contributed by atoms with E-state index in [2.05, 4.69) is 5.32 Å². The van der Waals surface area contributed by atoms with E-state index < -0.39 is 42.4 Å². The Hall–Kier alpha value is -3.85. The number of aromatic nitrogens is 1. The average molecular weight is 594 g/mol. The van der Waals surface area contributed by atoms with E-state index >= 15 is 4.39 Å². The van der Waals surface area contributed by atoms with E-state index in [0.717, 1.165) is 27.8 Å². The molecule has 9 heteroatoms. The van der Waals surface area contributed by atoms with Crippen LogP contribution in [0, 0.1) is 32.5 Å². The van der Waals surface area contributed by atoms with Crippen molar-refractivity contribution in [1.82, 2.24) is 14.8 Å². The van der Waals surface area contributed by atoms with E-state index in [0.29, 0.717) is 38.0 Å². The SMILES string of the molecule is Cc1cc(-c2c(C)cccc2C)cc([C@H](CC(=O)O)NC(=O)C(CC(C)C)n2cc(CCN3CC(F)C3)ccc2=O)c1F. The first-order valence-electron chi connectivity index (χ1n) is 14.8. The first-order valence-corrected chi connectivity index (χ1v) is 14.8. The molecule has 2 N–H and O–H groups in total. The minimum absolute atomic E-state index is 0.0261. The lowest BCUT2D eigenvalue weighted by atomic mass is 9.90. The minimum Gasteiger partial charge on any atom is -0.481 e. The maximum atomic E-state index is 15.7. The predicted octanol–water partition coefficient (Wildman–Crippen LogP) is 5.70. The zero-order chi connectivity index (χ0) is 31.4.